The summed E-state index contributed by atoms with van der Waals surface area (Å²) in [5, 5.41) is -6.72. The smallest absolute Gasteiger partial charge is 0.458 e. The van der Waals surface area contributed by atoms with Gasteiger partial charge < -0.3 is 4.74 Å². The maximum absolute atomic E-state index is 13.8. The summed E-state index contributed by atoms with van der Waals surface area (Å²) >= 11 is 0. The molecule has 0 aromatic carbocycles. The predicted molar refractivity (Wildman–Crippen MR) is 110 cm³/mol. The molecule has 4 saturated carbocycles. The van der Waals surface area contributed by atoms with Gasteiger partial charge in [-0.05, 0) is 84.0 Å². The van der Waals surface area contributed by atoms with Gasteiger partial charge in [0.05, 0.1) is 6.61 Å². The first-order valence-corrected chi connectivity index (χ1v) is 12.9. The van der Waals surface area contributed by atoms with Crippen molar-refractivity contribution in [1.82, 2.24) is 0 Å². The van der Waals surface area contributed by atoms with Crippen molar-refractivity contribution in [3.8, 4) is 0 Å². The molecule has 14 heteroatoms. The zero-order valence-electron chi connectivity index (χ0n) is 20.2. The number of carbonyl (C=O) groups is 2. The summed E-state index contributed by atoms with van der Waals surface area (Å²) in [6.45, 7) is 3.10. The molecule has 6 nitrogen and oxygen atoms in total. The van der Waals surface area contributed by atoms with Crippen molar-refractivity contribution < 1.29 is 57.7 Å². The zero-order valence-corrected chi connectivity index (χ0v) is 21.0. The highest BCUT2D eigenvalue weighted by molar-refractivity contribution is 7.87. The molecule has 36 heavy (non-hydrogen) atoms. The van der Waals surface area contributed by atoms with Gasteiger partial charge in [-0.25, -0.2) is 0 Å². The van der Waals surface area contributed by atoms with Gasteiger partial charge in [-0.3, -0.25) is 13.8 Å². The molecular weight excluding hydrogens is 525 g/mol. The van der Waals surface area contributed by atoms with E-state index in [0.29, 0.717) is 17.8 Å². The van der Waals surface area contributed by atoms with Crippen LogP contribution >= 0.6 is 0 Å². The van der Waals surface area contributed by atoms with Crippen molar-refractivity contribution in [2.45, 2.75) is 89.2 Å². The van der Waals surface area contributed by atoms with Gasteiger partial charge in [-0.2, -0.15) is 39.2 Å². The lowest BCUT2D eigenvalue weighted by molar-refractivity contribution is -0.333. The molecule has 1 atom stereocenters. The van der Waals surface area contributed by atoms with Gasteiger partial charge in [0.25, 0.3) is 0 Å². The van der Waals surface area contributed by atoms with Crippen LogP contribution in [0, 0.1) is 28.6 Å². The van der Waals surface area contributed by atoms with Crippen molar-refractivity contribution >= 4 is 21.9 Å². The molecule has 0 amide bonds. The fourth-order valence-corrected chi connectivity index (χ4v) is 7.16. The maximum Gasteiger partial charge on any atom is 0.461 e. The van der Waals surface area contributed by atoms with Crippen LogP contribution in [0.25, 0.3) is 0 Å². The number of halogens is 7. The van der Waals surface area contributed by atoms with E-state index in [9.17, 15) is 48.7 Å². The molecule has 4 aliphatic carbocycles. The summed E-state index contributed by atoms with van der Waals surface area (Å²) in [5.74, 6) is -8.13. The van der Waals surface area contributed by atoms with Crippen LogP contribution in [0.3, 0.4) is 0 Å². The van der Waals surface area contributed by atoms with E-state index in [0.717, 1.165) is 52.4 Å². The van der Waals surface area contributed by atoms with Crippen LogP contribution in [0.2, 0.25) is 0 Å². The van der Waals surface area contributed by atoms with Crippen LogP contribution < -0.4 is 0 Å². The molecule has 4 aliphatic rings. The molecule has 0 radical (unpaired) electrons. The van der Waals surface area contributed by atoms with E-state index in [1.807, 2.05) is 0 Å². The minimum absolute atomic E-state index is 0.427. The van der Waals surface area contributed by atoms with Gasteiger partial charge in [-0.1, -0.05) is 0 Å². The number of alkyl halides is 7. The van der Waals surface area contributed by atoms with Crippen molar-refractivity contribution in [2.24, 2.45) is 28.6 Å². The molecule has 0 aromatic rings. The number of carbonyl (C=O) groups excluding carboxylic acids is 2. The first kappa shape index (κ1) is 29.1. The minimum Gasteiger partial charge on any atom is -0.458 e. The Labute approximate surface area is 204 Å². The molecule has 4 fully saturated rings. The average Bonchev–Trinajstić information content (AvgIpc) is 2.69. The second kappa shape index (κ2) is 8.54. The third-order valence-corrected chi connectivity index (χ3v) is 9.74. The third-order valence-electron chi connectivity index (χ3n) is 8.43. The topological polar surface area (TPSA) is 86.7 Å². The highest BCUT2D eigenvalue weighted by Crippen LogP contribution is 2.64. The van der Waals surface area contributed by atoms with Crippen molar-refractivity contribution in [3.63, 3.8) is 0 Å². The van der Waals surface area contributed by atoms with Gasteiger partial charge in [0, 0.05) is 5.41 Å². The summed E-state index contributed by atoms with van der Waals surface area (Å²) in [4.78, 5) is 25.4. The first-order chi connectivity index (χ1) is 16.0. The highest BCUT2D eigenvalue weighted by atomic mass is 32.2. The Bertz CT molecular complexity index is 985. The molecule has 1 unspecified atom stereocenters. The van der Waals surface area contributed by atoms with Gasteiger partial charge in [-0.15, -0.1) is 0 Å². The number of ether oxygens (including phenoxy) is 1. The van der Waals surface area contributed by atoms with E-state index < -0.39 is 62.3 Å². The molecule has 0 saturated heterocycles. The van der Waals surface area contributed by atoms with Gasteiger partial charge in [0.1, 0.15) is 16.8 Å². The second-order valence-electron chi connectivity index (χ2n) is 11.3. The van der Waals surface area contributed by atoms with Crippen LogP contribution in [0.15, 0.2) is 0 Å². The van der Waals surface area contributed by atoms with Gasteiger partial charge >= 0.3 is 33.4 Å². The lowest BCUT2D eigenvalue weighted by Crippen LogP contribution is -2.59. The summed E-state index contributed by atoms with van der Waals surface area (Å²) in [6.07, 6.45) is -1.43. The van der Waals surface area contributed by atoms with Crippen LogP contribution in [-0.2, 0) is 28.6 Å². The van der Waals surface area contributed by atoms with E-state index in [4.69, 9.17) is 4.74 Å². The zero-order chi connectivity index (χ0) is 27.8. The van der Waals surface area contributed by atoms with E-state index in [2.05, 4.69) is 4.18 Å². The number of hydrogen-bond donors (Lipinski definition) is 0. The molecule has 4 rings (SSSR count). The summed E-state index contributed by atoms with van der Waals surface area (Å²) in [5.41, 5.74) is -4.16. The minimum atomic E-state index is -6.99. The number of esters is 1. The van der Waals surface area contributed by atoms with E-state index in [1.165, 1.54) is 0 Å². The molecule has 208 valence electrons. The lowest BCUT2D eigenvalue weighted by Gasteiger charge is -2.61. The highest BCUT2D eigenvalue weighted by Gasteiger charge is 2.79. The Kier molecular flexibility index (Phi) is 6.91. The van der Waals surface area contributed by atoms with Crippen molar-refractivity contribution in [3.05, 3.63) is 0 Å². The largest absolute Gasteiger partial charge is 0.461 e. The molecular formula is C22H29F7O6S. The van der Waals surface area contributed by atoms with E-state index in [-0.39, 0.29) is 0 Å². The number of hydrogen-bond acceptors (Lipinski definition) is 6. The fourth-order valence-electron chi connectivity index (χ4n) is 6.20. The Morgan fingerprint density at radius 2 is 1.28 bits per heavy atom. The molecule has 0 aliphatic heterocycles. The predicted octanol–water partition coefficient (Wildman–Crippen LogP) is 5.26. The molecule has 4 bridgehead atoms. The average molecular weight is 555 g/mol. The Morgan fingerprint density at radius 3 is 1.64 bits per heavy atom. The summed E-state index contributed by atoms with van der Waals surface area (Å²) in [7, 11) is -6.94. The number of rotatable bonds is 9. The molecule has 0 aromatic heterocycles. The number of ketones is 1. The van der Waals surface area contributed by atoms with Crippen molar-refractivity contribution in [2.75, 3.05) is 6.61 Å². The van der Waals surface area contributed by atoms with Gasteiger partial charge in [0.2, 0.25) is 0 Å². The lowest BCUT2D eigenvalue weighted by atomic mass is 9.46. The fraction of sp³-hybridized carbons (Fsp3) is 0.909. The Morgan fingerprint density at radius 1 is 0.861 bits per heavy atom. The van der Waals surface area contributed by atoms with Crippen LogP contribution in [0.4, 0.5) is 30.7 Å². The van der Waals surface area contributed by atoms with E-state index in [1.54, 1.807) is 13.8 Å². The summed E-state index contributed by atoms with van der Waals surface area (Å²) in [6, 6.07) is 0. The SMILES string of the molecule is CC(=O)C(C)(COS(=O)(=O)C(F)(F)C(F)(F)C(F)(F)F)C(=O)OC(C)(C)C12CC3CC(CC(C3)C1)C2. The first-order valence-electron chi connectivity index (χ1n) is 11.5. The molecule has 0 heterocycles. The maximum atomic E-state index is 13.8. The molecule has 0 N–H and O–H groups in total. The molecule has 0 spiro atoms. The Balaban J connectivity index is 1.81. The number of Topliss-reactive ketones (excluding diaryl/α,β-unsaturated/α-hetero) is 1. The third kappa shape index (κ3) is 4.43. The normalized spacial score (nSPS) is 30.7. The van der Waals surface area contributed by atoms with Crippen molar-refractivity contribution in [1.29, 1.82) is 0 Å². The van der Waals surface area contributed by atoms with E-state index >= 15 is 0 Å². The quantitative estimate of drug-likeness (QED) is 0.167. The van der Waals surface area contributed by atoms with Gasteiger partial charge in [0.15, 0.2) is 0 Å². The standard InChI is InChI=1S/C22H29F7O6S/c1-12(30)18(4,11-34-36(32,33)22(28,29)20(23,24)21(25,26)27)16(31)35-17(2,3)19-8-13-5-14(9-19)7-15(6-13)10-19/h13-15H,5-11H2,1-4H3. The van der Waals surface area contributed by atoms with Crippen LogP contribution in [0.1, 0.15) is 66.2 Å². The monoisotopic (exact) mass is 554 g/mol. The second-order valence-corrected chi connectivity index (χ2v) is 12.9. The van der Waals surface area contributed by atoms with Crippen LogP contribution in [-0.4, -0.2) is 49.7 Å². The van der Waals surface area contributed by atoms with Crippen LogP contribution in [0.5, 0.6) is 0 Å². The Hall–Kier alpha value is -1.44. The summed E-state index contributed by atoms with van der Waals surface area (Å²) < 4.78 is 124.